The molecule has 0 fully saturated rings. The number of anilines is 1. The van der Waals surface area contributed by atoms with Gasteiger partial charge in [-0.05, 0) is 6.07 Å². The molecule has 86 valence electrons. The first-order valence-corrected chi connectivity index (χ1v) is 5.08. The van der Waals surface area contributed by atoms with Crippen LogP contribution in [0.2, 0.25) is 5.02 Å². The minimum atomic E-state index is -1.21. The summed E-state index contributed by atoms with van der Waals surface area (Å²) >= 11 is 5.99. The Morgan fingerprint density at radius 1 is 1.35 bits per heavy atom. The molecule has 2 rings (SSSR count). The second kappa shape index (κ2) is 4.39. The third-order valence-electron chi connectivity index (χ3n) is 2.15. The van der Waals surface area contributed by atoms with Crippen molar-refractivity contribution in [3.63, 3.8) is 0 Å². The van der Waals surface area contributed by atoms with E-state index in [1.165, 1.54) is 6.20 Å². The van der Waals surface area contributed by atoms with Gasteiger partial charge in [-0.15, -0.1) is 0 Å². The van der Waals surface area contributed by atoms with E-state index in [2.05, 4.69) is 9.97 Å². The second-order valence-electron chi connectivity index (χ2n) is 3.27. The van der Waals surface area contributed by atoms with E-state index in [4.69, 9.17) is 22.4 Å². The molecular formula is C11H8ClN3O2. The number of aromatic carboxylic acids is 1. The number of hydrogen-bond donors (Lipinski definition) is 2. The molecule has 1 heterocycles. The van der Waals surface area contributed by atoms with Crippen LogP contribution in [-0.2, 0) is 0 Å². The van der Waals surface area contributed by atoms with Gasteiger partial charge in [0.25, 0.3) is 0 Å². The molecular weight excluding hydrogens is 242 g/mol. The number of rotatable bonds is 2. The Morgan fingerprint density at radius 2 is 2.06 bits per heavy atom. The Hall–Kier alpha value is -2.14. The predicted molar refractivity (Wildman–Crippen MR) is 63.8 cm³/mol. The predicted octanol–water partition coefficient (Wildman–Crippen LogP) is 2.08. The van der Waals surface area contributed by atoms with Gasteiger partial charge in [-0.3, -0.25) is 0 Å². The molecule has 0 unspecified atom stereocenters. The van der Waals surface area contributed by atoms with E-state index >= 15 is 0 Å². The molecule has 1 aromatic carbocycles. The zero-order chi connectivity index (χ0) is 12.4. The number of nitrogens with two attached hydrogens (primary N) is 1. The van der Waals surface area contributed by atoms with Gasteiger partial charge in [0.05, 0.1) is 16.9 Å². The van der Waals surface area contributed by atoms with E-state index in [0.29, 0.717) is 16.3 Å². The summed E-state index contributed by atoms with van der Waals surface area (Å²) in [5.41, 5.74) is 6.35. The quantitative estimate of drug-likeness (QED) is 0.851. The smallest absolute Gasteiger partial charge is 0.358 e. The molecule has 0 amide bonds. The number of hydrogen-bond acceptors (Lipinski definition) is 4. The number of carboxylic acid groups (broad SMARTS) is 1. The SMILES string of the molecule is Nc1nc(-c2ccccc2Cl)cnc1C(=O)O. The van der Waals surface area contributed by atoms with E-state index in [1.807, 2.05) is 0 Å². The average molecular weight is 250 g/mol. The highest BCUT2D eigenvalue weighted by atomic mass is 35.5. The van der Waals surface area contributed by atoms with Gasteiger partial charge in [0, 0.05) is 5.56 Å². The Balaban J connectivity index is 2.52. The number of carboxylic acids is 1. The zero-order valence-corrected chi connectivity index (χ0v) is 9.35. The lowest BCUT2D eigenvalue weighted by molar-refractivity contribution is 0.0691. The summed E-state index contributed by atoms with van der Waals surface area (Å²) in [6, 6.07) is 7.05. The summed E-state index contributed by atoms with van der Waals surface area (Å²) in [4.78, 5) is 18.5. The van der Waals surface area contributed by atoms with Crippen LogP contribution in [0.4, 0.5) is 5.82 Å². The zero-order valence-electron chi connectivity index (χ0n) is 8.59. The molecule has 0 aliphatic heterocycles. The van der Waals surface area contributed by atoms with Crippen molar-refractivity contribution in [2.24, 2.45) is 0 Å². The third-order valence-corrected chi connectivity index (χ3v) is 2.48. The first-order chi connectivity index (χ1) is 8.09. The molecule has 6 heteroatoms. The van der Waals surface area contributed by atoms with Gasteiger partial charge >= 0.3 is 5.97 Å². The van der Waals surface area contributed by atoms with Crippen molar-refractivity contribution in [3.05, 3.63) is 41.2 Å². The second-order valence-corrected chi connectivity index (χ2v) is 3.68. The van der Waals surface area contributed by atoms with Crippen LogP contribution in [0.1, 0.15) is 10.5 Å². The topological polar surface area (TPSA) is 89.1 Å². The highest BCUT2D eigenvalue weighted by molar-refractivity contribution is 6.33. The van der Waals surface area contributed by atoms with E-state index in [-0.39, 0.29) is 11.5 Å². The Bertz CT molecular complexity index is 587. The molecule has 0 bridgehead atoms. The Morgan fingerprint density at radius 3 is 2.65 bits per heavy atom. The third kappa shape index (κ3) is 2.19. The van der Waals surface area contributed by atoms with Gasteiger partial charge in [-0.25, -0.2) is 14.8 Å². The summed E-state index contributed by atoms with van der Waals surface area (Å²) in [6.07, 6.45) is 1.33. The van der Waals surface area contributed by atoms with Crippen LogP contribution in [0.15, 0.2) is 30.5 Å². The fourth-order valence-electron chi connectivity index (χ4n) is 1.37. The van der Waals surface area contributed by atoms with Crippen molar-refractivity contribution in [2.75, 3.05) is 5.73 Å². The van der Waals surface area contributed by atoms with Gasteiger partial charge in [-0.2, -0.15) is 0 Å². The number of benzene rings is 1. The minimum Gasteiger partial charge on any atom is -0.476 e. The molecule has 3 N–H and O–H groups in total. The normalized spacial score (nSPS) is 10.2. The van der Waals surface area contributed by atoms with Crippen LogP contribution in [0.25, 0.3) is 11.3 Å². The molecule has 0 saturated heterocycles. The number of nitrogens with zero attached hydrogens (tertiary/aromatic N) is 2. The summed E-state index contributed by atoms with van der Waals surface area (Å²) < 4.78 is 0. The highest BCUT2D eigenvalue weighted by Crippen LogP contribution is 2.26. The van der Waals surface area contributed by atoms with Crippen LogP contribution < -0.4 is 5.73 Å². The van der Waals surface area contributed by atoms with Crippen molar-refractivity contribution in [3.8, 4) is 11.3 Å². The van der Waals surface area contributed by atoms with Gasteiger partial charge in [0.2, 0.25) is 0 Å². The van der Waals surface area contributed by atoms with Crippen LogP contribution in [0.3, 0.4) is 0 Å². The first kappa shape index (κ1) is 11.3. The van der Waals surface area contributed by atoms with E-state index in [9.17, 15) is 4.79 Å². The molecule has 2 aromatic rings. The molecule has 5 nitrogen and oxygen atoms in total. The monoisotopic (exact) mass is 249 g/mol. The molecule has 0 aliphatic rings. The van der Waals surface area contributed by atoms with Gasteiger partial charge in [0.1, 0.15) is 0 Å². The van der Waals surface area contributed by atoms with Gasteiger partial charge < -0.3 is 10.8 Å². The van der Waals surface area contributed by atoms with Crippen LogP contribution in [0.5, 0.6) is 0 Å². The largest absolute Gasteiger partial charge is 0.476 e. The minimum absolute atomic E-state index is 0.130. The molecule has 17 heavy (non-hydrogen) atoms. The molecule has 0 atom stereocenters. The Kier molecular flexibility index (Phi) is 2.93. The lowest BCUT2D eigenvalue weighted by Crippen LogP contribution is -2.08. The fourth-order valence-corrected chi connectivity index (χ4v) is 1.60. The van der Waals surface area contributed by atoms with Crippen molar-refractivity contribution in [2.45, 2.75) is 0 Å². The number of carbonyl (C=O) groups is 1. The van der Waals surface area contributed by atoms with Crippen LogP contribution in [-0.4, -0.2) is 21.0 Å². The summed E-state index contributed by atoms with van der Waals surface area (Å²) in [5.74, 6) is -1.34. The average Bonchev–Trinajstić information content (AvgIpc) is 2.29. The summed E-state index contributed by atoms with van der Waals surface area (Å²) in [7, 11) is 0. The lowest BCUT2D eigenvalue weighted by atomic mass is 10.1. The van der Waals surface area contributed by atoms with Crippen molar-refractivity contribution in [1.82, 2.24) is 9.97 Å². The molecule has 1 aromatic heterocycles. The van der Waals surface area contributed by atoms with Gasteiger partial charge in [-0.1, -0.05) is 29.8 Å². The summed E-state index contributed by atoms with van der Waals surface area (Å²) in [5, 5.41) is 9.28. The maximum absolute atomic E-state index is 10.7. The highest BCUT2D eigenvalue weighted by Gasteiger charge is 2.13. The molecule has 0 spiro atoms. The van der Waals surface area contributed by atoms with E-state index in [1.54, 1.807) is 24.3 Å². The molecule has 0 radical (unpaired) electrons. The maximum atomic E-state index is 10.7. The maximum Gasteiger partial charge on any atom is 0.358 e. The van der Waals surface area contributed by atoms with E-state index in [0.717, 1.165) is 0 Å². The number of nitrogen functional groups attached to an aromatic ring is 1. The first-order valence-electron chi connectivity index (χ1n) is 4.70. The van der Waals surface area contributed by atoms with E-state index < -0.39 is 5.97 Å². The fraction of sp³-hybridized carbons (Fsp3) is 0. The van der Waals surface area contributed by atoms with Crippen molar-refractivity contribution >= 4 is 23.4 Å². The Labute approximate surface area is 102 Å². The van der Waals surface area contributed by atoms with Crippen molar-refractivity contribution in [1.29, 1.82) is 0 Å². The standard InChI is InChI=1S/C11H8ClN3O2/c12-7-4-2-1-3-6(7)8-5-14-9(11(16)17)10(13)15-8/h1-5H,(H2,13,15)(H,16,17). The number of aromatic nitrogens is 2. The van der Waals surface area contributed by atoms with Gasteiger partial charge in [0.15, 0.2) is 11.5 Å². The lowest BCUT2D eigenvalue weighted by Gasteiger charge is -2.05. The van der Waals surface area contributed by atoms with Crippen LogP contribution in [0, 0.1) is 0 Å². The van der Waals surface area contributed by atoms with Crippen molar-refractivity contribution < 1.29 is 9.90 Å². The molecule has 0 aliphatic carbocycles. The molecule has 0 saturated carbocycles. The number of halogens is 1. The van der Waals surface area contributed by atoms with Crippen LogP contribution >= 0.6 is 11.6 Å². The summed E-state index contributed by atoms with van der Waals surface area (Å²) in [6.45, 7) is 0.